The normalized spacial score (nSPS) is 12.0. The van der Waals surface area contributed by atoms with Crippen LogP contribution in [0.5, 0.6) is 0 Å². The van der Waals surface area contributed by atoms with E-state index in [9.17, 15) is 0 Å². The number of aryl methyl sites for hydroxylation is 1. The van der Waals surface area contributed by atoms with Crippen LogP contribution in [0.25, 0.3) is 0 Å². The Labute approximate surface area is 207 Å². The molecule has 1 N–H and O–H groups in total. The zero-order valence-electron chi connectivity index (χ0n) is 21.9. The third-order valence-corrected chi connectivity index (χ3v) is 6.10. The summed E-state index contributed by atoms with van der Waals surface area (Å²) in [6, 6.07) is 17.9. The lowest BCUT2D eigenvalue weighted by molar-refractivity contribution is 0.263. The maximum absolute atomic E-state index is 7.76. The van der Waals surface area contributed by atoms with Crippen molar-refractivity contribution in [2.75, 3.05) is 13.2 Å². The predicted molar refractivity (Wildman–Crippen MR) is 148 cm³/mol. The van der Waals surface area contributed by atoms with Gasteiger partial charge in [-0.05, 0) is 42.2 Å². The van der Waals surface area contributed by atoms with E-state index >= 15 is 0 Å². The molecule has 34 heavy (non-hydrogen) atoms. The molecule has 0 atom stereocenters. The molecule has 0 radical (unpaired) electrons. The second kappa shape index (κ2) is 13.6. The minimum atomic E-state index is -0.128. The summed E-state index contributed by atoms with van der Waals surface area (Å²) in [4.78, 5) is 0. The highest BCUT2D eigenvalue weighted by atomic mass is 16.5. The molecule has 2 nitrogen and oxygen atoms in total. The van der Waals surface area contributed by atoms with Gasteiger partial charge < -0.3 is 9.84 Å². The van der Waals surface area contributed by atoms with Crippen molar-refractivity contribution in [2.24, 2.45) is 0 Å². The van der Waals surface area contributed by atoms with E-state index in [-0.39, 0.29) is 17.4 Å². The average molecular weight is 459 g/mol. The Morgan fingerprint density at radius 2 is 1.32 bits per heavy atom. The van der Waals surface area contributed by atoms with E-state index in [1.165, 1.54) is 33.9 Å². The molecular formula is C32H42O2. The molecule has 2 rings (SSSR count). The summed E-state index contributed by atoms with van der Waals surface area (Å²) >= 11 is 0. The first-order chi connectivity index (χ1) is 16.0. The van der Waals surface area contributed by atoms with Crippen molar-refractivity contribution >= 4 is 0 Å². The minimum absolute atomic E-state index is 0.0417. The first-order valence-corrected chi connectivity index (χ1v) is 11.7. The van der Waals surface area contributed by atoms with Crippen LogP contribution in [0.2, 0.25) is 0 Å². The quantitative estimate of drug-likeness (QED) is 0.222. The molecule has 0 amide bonds. The fourth-order valence-electron chi connectivity index (χ4n) is 3.67. The van der Waals surface area contributed by atoms with Gasteiger partial charge in [-0.15, -0.1) is 6.58 Å². The number of ether oxygens (including phenoxy) is 1. The van der Waals surface area contributed by atoms with Gasteiger partial charge in [-0.3, -0.25) is 0 Å². The van der Waals surface area contributed by atoms with E-state index in [4.69, 9.17) is 9.84 Å². The van der Waals surface area contributed by atoms with Crippen LogP contribution in [0.1, 0.15) is 56.9 Å². The molecule has 182 valence electrons. The first kappa shape index (κ1) is 28.9. The van der Waals surface area contributed by atoms with E-state index in [0.717, 1.165) is 0 Å². The average Bonchev–Trinajstić information content (AvgIpc) is 2.83. The summed E-state index contributed by atoms with van der Waals surface area (Å²) in [6.07, 6.45) is 9.33. The monoisotopic (exact) mass is 458 g/mol. The highest BCUT2D eigenvalue weighted by Gasteiger charge is 2.26. The van der Waals surface area contributed by atoms with Gasteiger partial charge in [-0.2, -0.15) is 0 Å². The van der Waals surface area contributed by atoms with Crippen molar-refractivity contribution in [2.45, 2.75) is 52.4 Å². The highest BCUT2D eigenvalue weighted by molar-refractivity contribution is 5.45. The minimum Gasteiger partial charge on any atom is -0.490 e. The van der Waals surface area contributed by atoms with Crippen LogP contribution in [-0.2, 0) is 15.6 Å². The van der Waals surface area contributed by atoms with Crippen LogP contribution in [0, 0.1) is 6.92 Å². The van der Waals surface area contributed by atoms with E-state index in [2.05, 4.69) is 122 Å². The Balaban J connectivity index is 0.00000133. The van der Waals surface area contributed by atoms with Crippen LogP contribution in [0.3, 0.4) is 0 Å². The molecule has 0 aliphatic carbocycles. The second-order valence-corrected chi connectivity index (χ2v) is 9.31. The summed E-state index contributed by atoms with van der Waals surface area (Å²) in [5.41, 5.74) is 6.26. The number of aliphatic hydroxyl groups is 1. The molecule has 0 aliphatic heterocycles. The number of allylic oxidation sites excluding steroid dienone is 4. The Hall–Kier alpha value is -3.10. The number of benzene rings is 2. The van der Waals surface area contributed by atoms with Crippen molar-refractivity contribution < 1.29 is 9.84 Å². The van der Waals surface area contributed by atoms with Gasteiger partial charge in [0.2, 0.25) is 0 Å². The fourth-order valence-corrected chi connectivity index (χ4v) is 3.67. The van der Waals surface area contributed by atoms with Gasteiger partial charge in [0.1, 0.15) is 12.4 Å². The van der Waals surface area contributed by atoms with Gasteiger partial charge in [-0.1, -0.05) is 119 Å². The van der Waals surface area contributed by atoms with E-state index in [1.807, 2.05) is 6.08 Å². The van der Waals surface area contributed by atoms with Crippen LogP contribution in [0.15, 0.2) is 110 Å². The Morgan fingerprint density at radius 1 is 0.853 bits per heavy atom. The van der Waals surface area contributed by atoms with E-state index < -0.39 is 0 Å². The van der Waals surface area contributed by atoms with Crippen molar-refractivity contribution in [3.63, 3.8) is 0 Å². The molecule has 2 aromatic carbocycles. The molecule has 0 unspecified atom stereocenters. The molecule has 0 fully saturated rings. The molecule has 0 aliphatic rings. The third-order valence-electron chi connectivity index (χ3n) is 6.10. The zero-order chi connectivity index (χ0) is 25.8. The number of hydrogen-bond donors (Lipinski definition) is 1. The van der Waals surface area contributed by atoms with E-state index in [0.29, 0.717) is 12.4 Å². The summed E-state index contributed by atoms with van der Waals surface area (Å²) < 4.78 is 5.48. The number of rotatable bonds is 10. The Morgan fingerprint density at radius 3 is 1.76 bits per heavy atom. The Kier molecular flexibility index (Phi) is 11.5. The summed E-state index contributed by atoms with van der Waals surface area (Å²) in [5, 5.41) is 7.76. The van der Waals surface area contributed by atoms with Crippen LogP contribution < -0.4 is 0 Å². The first-order valence-electron chi connectivity index (χ1n) is 11.7. The molecule has 0 heterocycles. The van der Waals surface area contributed by atoms with Crippen molar-refractivity contribution in [3.05, 3.63) is 132 Å². The SMILES string of the molecule is C=CCO.C=CCOC(=C)/C=C\C(=C/C)C(C)(C)c1ccc(C(C)(C)c2ccc(C)cc2)cc1. The lowest BCUT2D eigenvalue weighted by Crippen LogP contribution is -2.22. The summed E-state index contributed by atoms with van der Waals surface area (Å²) in [5.74, 6) is 0.639. The topological polar surface area (TPSA) is 29.5 Å². The molecule has 2 heteroatoms. The molecule has 0 spiro atoms. The second-order valence-electron chi connectivity index (χ2n) is 9.31. The fraction of sp³-hybridized carbons (Fsp3) is 0.312. The van der Waals surface area contributed by atoms with E-state index in [1.54, 1.807) is 6.08 Å². The molecular weight excluding hydrogens is 416 g/mol. The van der Waals surface area contributed by atoms with Crippen LogP contribution in [-0.4, -0.2) is 18.3 Å². The lowest BCUT2D eigenvalue weighted by atomic mass is 9.74. The number of hydrogen-bond acceptors (Lipinski definition) is 2. The van der Waals surface area contributed by atoms with Gasteiger partial charge >= 0.3 is 0 Å². The van der Waals surface area contributed by atoms with Crippen molar-refractivity contribution in [1.82, 2.24) is 0 Å². The van der Waals surface area contributed by atoms with Crippen LogP contribution in [0.4, 0.5) is 0 Å². The summed E-state index contributed by atoms with van der Waals surface area (Å²) in [7, 11) is 0. The lowest BCUT2D eigenvalue weighted by Gasteiger charge is -2.30. The number of aliphatic hydroxyl groups excluding tert-OH is 1. The van der Waals surface area contributed by atoms with Crippen molar-refractivity contribution in [1.29, 1.82) is 0 Å². The van der Waals surface area contributed by atoms with Crippen molar-refractivity contribution in [3.8, 4) is 0 Å². The van der Waals surface area contributed by atoms with Gasteiger partial charge in [0.15, 0.2) is 0 Å². The molecule has 0 saturated carbocycles. The molecule has 0 saturated heterocycles. The predicted octanol–water partition coefficient (Wildman–Crippen LogP) is 7.98. The molecule has 0 bridgehead atoms. The molecule has 0 aromatic heterocycles. The maximum atomic E-state index is 7.76. The third kappa shape index (κ3) is 8.04. The van der Waals surface area contributed by atoms with Gasteiger partial charge in [-0.25, -0.2) is 0 Å². The Bertz CT molecular complexity index is 984. The smallest absolute Gasteiger partial charge is 0.112 e. The maximum Gasteiger partial charge on any atom is 0.112 e. The standard InChI is InChI=1S/C29H36O.C3H6O/c1-9-21-30-23(4)13-16-24(10-2)28(5,6)26-17-19-27(20-18-26)29(7,8)25-14-11-22(3)12-15-25;1-2-3-4/h9-20H,1,4,21H2,2-3,5-8H3;2,4H,1,3H2/b16-13-,24-10+;. The van der Waals surface area contributed by atoms with Gasteiger partial charge in [0.25, 0.3) is 0 Å². The van der Waals surface area contributed by atoms with Gasteiger partial charge in [0.05, 0.1) is 6.61 Å². The van der Waals surface area contributed by atoms with Crippen LogP contribution >= 0.6 is 0 Å². The zero-order valence-corrected chi connectivity index (χ0v) is 21.9. The van der Waals surface area contributed by atoms with Gasteiger partial charge in [0, 0.05) is 10.8 Å². The highest BCUT2D eigenvalue weighted by Crippen LogP contribution is 2.36. The summed E-state index contributed by atoms with van der Waals surface area (Å²) in [6.45, 7) is 24.7. The largest absolute Gasteiger partial charge is 0.490 e. The molecule has 2 aromatic rings.